The van der Waals surface area contributed by atoms with Gasteiger partial charge in [-0.25, -0.2) is 4.68 Å². The molecule has 2 aliphatic rings. The van der Waals surface area contributed by atoms with Gasteiger partial charge in [-0.2, -0.15) is 0 Å². The summed E-state index contributed by atoms with van der Waals surface area (Å²) in [4.78, 5) is 12.4. The molecule has 0 spiro atoms. The average Bonchev–Trinajstić information content (AvgIpc) is 3.18. The molecule has 1 aromatic heterocycles. The molecule has 1 amide bonds. The molecule has 4 rings (SSSR count). The molecule has 118 valence electrons. The van der Waals surface area contributed by atoms with E-state index in [4.69, 9.17) is 0 Å². The van der Waals surface area contributed by atoms with Crippen molar-refractivity contribution >= 4 is 24.0 Å². The van der Waals surface area contributed by atoms with Gasteiger partial charge in [0.05, 0.1) is 5.69 Å². The summed E-state index contributed by atoms with van der Waals surface area (Å²) in [6.07, 6.45) is 4.11. The third-order valence-electron chi connectivity index (χ3n) is 4.78. The molecule has 0 unspecified atom stereocenters. The van der Waals surface area contributed by atoms with E-state index in [1.807, 2.05) is 29.8 Å². The third kappa shape index (κ3) is 2.76. The molecule has 0 radical (unpaired) electrons. The van der Waals surface area contributed by atoms with Crippen LogP contribution >= 0.6 is 0 Å². The summed E-state index contributed by atoms with van der Waals surface area (Å²) in [5, 5.41) is 20.9. The molecular formula is C16H19BN4O2. The molecule has 1 saturated carbocycles. The van der Waals surface area contributed by atoms with Gasteiger partial charge in [-0.15, -0.1) is 5.10 Å². The maximum absolute atomic E-state index is 12.4. The highest BCUT2D eigenvalue weighted by molar-refractivity contribution is 6.68. The number of amides is 1. The Morgan fingerprint density at radius 2 is 2.30 bits per heavy atom. The van der Waals surface area contributed by atoms with E-state index in [1.54, 1.807) is 0 Å². The highest BCUT2D eigenvalue weighted by Gasteiger charge is 2.26. The van der Waals surface area contributed by atoms with Crippen molar-refractivity contribution in [2.24, 2.45) is 5.92 Å². The molecule has 1 fully saturated rings. The van der Waals surface area contributed by atoms with Crippen LogP contribution in [0.5, 0.6) is 0 Å². The van der Waals surface area contributed by atoms with Crippen LogP contribution in [-0.4, -0.2) is 32.8 Å². The highest BCUT2D eigenvalue weighted by atomic mass is 16.2. The molecule has 1 aliphatic heterocycles. The lowest BCUT2D eigenvalue weighted by Gasteiger charge is -2.08. The van der Waals surface area contributed by atoms with Crippen molar-refractivity contribution in [3.05, 3.63) is 35.2 Å². The number of hydrogen-bond donors (Lipinski definition) is 2. The molecule has 2 aromatic rings. The van der Waals surface area contributed by atoms with Gasteiger partial charge in [0.25, 0.3) is 5.91 Å². The lowest BCUT2D eigenvalue weighted by molar-refractivity contribution is 0.102. The normalized spacial score (nSPS) is 16.5. The first-order chi connectivity index (χ1) is 11.1. The van der Waals surface area contributed by atoms with Crippen LogP contribution in [-0.2, 0) is 13.0 Å². The van der Waals surface area contributed by atoms with Crippen LogP contribution in [0.25, 0.3) is 0 Å². The first-order valence-electron chi connectivity index (χ1n) is 8.14. The molecule has 0 atom stereocenters. The number of rotatable bonds is 4. The molecule has 6 nitrogen and oxygen atoms in total. The van der Waals surface area contributed by atoms with Crippen molar-refractivity contribution < 1.29 is 9.82 Å². The third-order valence-corrected chi connectivity index (χ3v) is 4.78. The van der Waals surface area contributed by atoms with Gasteiger partial charge in [0.2, 0.25) is 0 Å². The minimum absolute atomic E-state index is 0.253. The monoisotopic (exact) mass is 310 g/mol. The Labute approximate surface area is 135 Å². The first kappa shape index (κ1) is 14.4. The van der Waals surface area contributed by atoms with E-state index in [9.17, 15) is 9.82 Å². The van der Waals surface area contributed by atoms with Crippen molar-refractivity contribution in [2.45, 2.75) is 39.1 Å². The minimum atomic E-state index is -0.428. The number of fused-ring (bicyclic) bond motifs is 1. The Kier molecular flexibility index (Phi) is 3.45. The standard InChI is InChI=1S/C16H19BN4O2/c1-10-15(19-20-21(10)9-11-2-3-11)16(22)18-13-5-4-12-6-7-17(23)14(12)8-13/h4-5,8,11,23H,2-3,6-7,9H2,1H3,(H,18,22). The minimum Gasteiger partial charge on any atom is -0.446 e. The second-order valence-electron chi connectivity index (χ2n) is 6.57. The number of benzene rings is 1. The van der Waals surface area contributed by atoms with Crippen molar-refractivity contribution in [1.29, 1.82) is 0 Å². The van der Waals surface area contributed by atoms with Gasteiger partial charge in [0.15, 0.2) is 5.69 Å². The smallest absolute Gasteiger partial charge is 0.324 e. The Balaban J connectivity index is 1.51. The summed E-state index contributed by atoms with van der Waals surface area (Å²) >= 11 is 0. The van der Waals surface area contributed by atoms with Gasteiger partial charge in [-0.3, -0.25) is 4.79 Å². The van der Waals surface area contributed by atoms with Crippen molar-refractivity contribution in [2.75, 3.05) is 5.32 Å². The number of anilines is 1. The van der Waals surface area contributed by atoms with Crippen LogP contribution in [0.2, 0.25) is 6.32 Å². The molecular weight excluding hydrogens is 291 g/mol. The maximum atomic E-state index is 12.4. The van der Waals surface area contributed by atoms with Gasteiger partial charge in [0.1, 0.15) is 0 Å². The molecule has 1 aromatic carbocycles. The second kappa shape index (κ2) is 5.49. The number of aryl methyl sites for hydroxylation is 1. The van der Waals surface area contributed by atoms with E-state index in [2.05, 4.69) is 15.6 Å². The molecule has 7 heteroatoms. The van der Waals surface area contributed by atoms with Crippen molar-refractivity contribution in [3.8, 4) is 0 Å². The molecule has 2 N–H and O–H groups in total. The predicted octanol–water partition coefficient (Wildman–Crippen LogP) is 0.996. The zero-order valence-electron chi connectivity index (χ0n) is 13.1. The van der Waals surface area contributed by atoms with Crippen LogP contribution in [0.3, 0.4) is 0 Å². The van der Waals surface area contributed by atoms with Crippen molar-refractivity contribution in [1.82, 2.24) is 15.0 Å². The van der Waals surface area contributed by atoms with E-state index < -0.39 is 6.92 Å². The number of carbonyl (C=O) groups excluding carboxylic acids is 1. The molecule has 0 saturated heterocycles. The quantitative estimate of drug-likeness (QED) is 0.826. The number of carbonyl (C=O) groups is 1. The van der Waals surface area contributed by atoms with E-state index in [1.165, 1.54) is 12.8 Å². The zero-order valence-corrected chi connectivity index (χ0v) is 13.1. The summed E-state index contributed by atoms with van der Waals surface area (Å²) in [6, 6.07) is 5.70. The molecule has 0 bridgehead atoms. The molecule has 1 aliphatic carbocycles. The lowest BCUT2D eigenvalue weighted by Crippen LogP contribution is -2.26. The number of aromatic nitrogens is 3. The van der Waals surface area contributed by atoms with Crippen LogP contribution in [0.15, 0.2) is 18.2 Å². The largest absolute Gasteiger partial charge is 0.446 e. The Bertz CT molecular complexity index is 769. The SMILES string of the molecule is Cc1c(C(=O)Nc2ccc3c(c2)B(O)CC3)nnn1CC1CC1. The van der Waals surface area contributed by atoms with Gasteiger partial charge < -0.3 is 10.3 Å². The summed E-state index contributed by atoms with van der Waals surface area (Å²) in [6.45, 7) is 2.30. The van der Waals surface area contributed by atoms with Crippen LogP contribution in [0.4, 0.5) is 5.69 Å². The van der Waals surface area contributed by atoms with Crippen LogP contribution < -0.4 is 10.8 Å². The Morgan fingerprint density at radius 3 is 3.09 bits per heavy atom. The van der Waals surface area contributed by atoms with Crippen LogP contribution in [0.1, 0.15) is 34.6 Å². The fraction of sp³-hybridized carbons (Fsp3) is 0.438. The summed E-state index contributed by atoms with van der Waals surface area (Å²) in [5.41, 5.74) is 3.92. The number of nitrogens with one attached hydrogen (secondary N) is 1. The van der Waals surface area contributed by atoms with E-state index in [0.717, 1.165) is 36.0 Å². The van der Waals surface area contributed by atoms with E-state index >= 15 is 0 Å². The number of hydrogen-bond acceptors (Lipinski definition) is 4. The average molecular weight is 310 g/mol. The molecule has 2 heterocycles. The fourth-order valence-electron chi connectivity index (χ4n) is 3.14. The van der Waals surface area contributed by atoms with Gasteiger partial charge in [0, 0.05) is 12.2 Å². The maximum Gasteiger partial charge on any atom is 0.324 e. The zero-order chi connectivity index (χ0) is 16.0. The van der Waals surface area contributed by atoms with Gasteiger partial charge in [-0.05, 0) is 56.0 Å². The highest BCUT2D eigenvalue weighted by Crippen LogP contribution is 2.30. The second-order valence-corrected chi connectivity index (χ2v) is 6.57. The van der Waals surface area contributed by atoms with Gasteiger partial charge in [-0.1, -0.05) is 16.8 Å². The summed E-state index contributed by atoms with van der Waals surface area (Å²) < 4.78 is 1.82. The Morgan fingerprint density at radius 1 is 1.48 bits per heavy atom. The summed E-state index contributed by atoms with van der Waals surface area (Å²) in [5.74, 6) is 0.432. The van der Waals surface area contributed by atoms with Crippen molar-refractivity contribution in [3.63, 3.8) is 0 Å². The number of nitrogens with zero attached hydrogens (tertiary/aromatic N) is 3. The lowest BCUT2D eigenvalue weighted by atomic mass is 9.63. The molecule has 23 heavy (non-hydrogen) atoms. The van der Waals surface area contributed by atoms with Gasteiger partial charge >= 0.3 is 6.92 Å². The Hall–Kier alpha value is -2.15. The van der Waals surface area contributed by atoms with E-state index in [0.29, 0.717) is 17.3 Å². The topological polar surface area (TPSA) is 80.0 Å². The van der Waals surface area contributed by atoms with Crippen LogP contribution in [0, 0.1) is 12.8 Å². The van der Waals surface area contributed by atoms with E-state index in [-0.39, 0.29) is 5.91 Å². The fourth-order valence-corrected chi connectivity index (χ4v) is 3.14. The first-order valence-corrected chi connectivity index (χ1v) is 8.14. The predicted molar refractivity (Wildman–Crippen MR) is 88.0 cm³/mol. The summed E-state index contributed by atoms with van der Waals surface area (Å²) in [7, 11) is 0.